The van der Waals surface area contributed by atoms with Crippen LogP contribution in [0.15, 0.2) is 18.3 Å². The van der Waals surface area contributed by atoms with Gasteiger partial charge in [0.05, 0.1) is 12.3 Å². The Balaban J connectivity index is 1.89. The van der Waals surface area contributed by atoms with E-state index in [9.17, 15) is 0 Å². The molecule has 0 radical (unpaired) electrons. The van der Waals surface area contributed by atoms with Gasteiger partial charge in [0.15, 0.2) is 0 Å². The summed E-state index contributed by atoms with van der Waals surface area (Å²) < 4.78 is 5.26. The first kappa shape index (κ1) is 15.3. The van der Waals surface area contributed by atoms with Gasteiger partial charge in [0, 0.05) is 44.5 Å². The normalized spacial score (nSPS) is 19.0. The largest absolute Gasteiger partial charge is 0.384 e. The van der Waals surface area contributed by atoms with Crippen LogP contribution in [-0.4, -0.2) is 38.3 Å². The van der Waals surface area contributed by atoms with Crippen LogP contribution in [0.2, 0.25) is 0 Å². The molecule has 1 saturated heterocycles. The summed E-state index contributed by atoms with van der Waals surface area (Å²) in [5.74, 6) is 1.34. The van der Waals surface area contributed by atoms with Crippen LogP contribution in [0.3, 0.4) is 0 Å². The van der Waals surface area contributed by atoms with Gasteiger partial charge in [0.25, 0.3) is 0 Å². The van der Waals surface area contributed by atoms with Crippen molar-refractivity contribution in [1.82, 2.24) is 10.3 Å². The molecule has 20 heavy (non-hydrogen) atoms. The fraction of sp³-hybridized carbons (Fsp3) is 0.688. The maximum Gasteiger partial charge on any atom is 0.0562 e. The number of ether oxygens (including phenoxy) is 1. The highest BCUT2D eigenvalue weighted by atomic mass is 16.5. The number of nitrogens with zero attached hydrogens (tertiary/aromatic N) is 2. The maximum atomic E-state index is 5.26. The van der Waals surface area contributed by atoms with Crippen molar-refractivity contribution in [2.24, 2.45) is 11.8 Å². The Morgan fingerprint density at radius 1 is 1.50 bits per heavy atom. The molecule has 1 aliphatic heterocycles. The molecule has 1 unspecified atom stereocenters. The fourth-order valence-electron chi connectivity index (χ4n) is 2.69. The summed E-state index contributed by atoms with van der Waals surface area (Å²) in [6, 6.07) is 4.32. The van der Waals surface area contributed by atoms with E-state index >= 15 is 0 Å². The Kier molecular flexibility index (Phi) is 5.80. The number of methoxy groups -OCH3 is 1. The molecule has 1 aromatic rings. The van der Waals surface area contributed by atoms with Crippen LogP contribution in [0.5, 0.6) is 0 Å². The molecule has 0 aliphatic carbocycles. The van der Waals surface area contributed by atoms with Gasteiger partial charge in [-0.3, -0.25) is 4.98 Å². The minimum atomic E-state index is 0.663. The first-order valence-corrected chi connectivity index (χ1v) is 7.58. The van der Waals surface area contributed by atoms with Crippen molar-refractivity contribution in [2.45, 2.75) is 26.8 Å². The molecule has 2 heterocycles. The van der Waals surface area contributed by atoms with Gasteiger partial charge in [0.2, 0.25) is 0 Å². The molecule has 0 bridgehead atoms. The summed E-state index contributed by atoms with van der Waals surface area (Å²) in [4.78, 5) is 6.89. The zero-order valence-electron chi connectivity index (χ0n) is 12.9. The number of nitrogens with one attached hydrogen (secondary N) is 1. The van der Waals surface area contributed by atoms with E-state index in [1.165, 1.54) is 12.1 Å². The smallest absolute Gasteiger partial charge is 0.0562 e. The molecule has 0 saturated carbocycles. The Morgan fingerprint density at radius 2 is 2.35 bits per heavy atom. The Hall–Kier alpha value is -1.13. The molecule has 0 amide bonds. The van der Waals surface area contributed by atoms with Crippen molar-refractivity contribution < 1.29 is 4.74 Å². The summed E-state index contributed by atoms with van der Waals surface area (Å²) in [5.41, 5.74) is 2.42. The highest BCUT2D eigenvalue weighted by Gasteiger charge is 2.22. The van der Waals surface area contributed by atoms with E-state index in [1.54, 1.807) is 7.11 Å². The number of hydrogen-bond donors (Lipinski definition) is 1. The van der Waals surface area contributed by atoms with E-state index in [1.807, 2.05) is 6.20 Å². The summed E-state index contributed by atoms with van der Waals surface area (Å²) in [7, 11) is 1.79. The van der Waals surface area contributed by atoms with Crippen LogP contribution in [0, 0.1) is 11.8 Å². The second-order valence-electron chi connectivity index (χ2n) is 6.09. The lowest BCUT2D eigenvalue weighted by atomic mass is 10.1. The Labute approximate surface area is 122 Å². The van der Waals surface area contributed by atoms with E-state index in [0.29, 0.717) is 11.8 Å². The van der Waals surface area contributed by atoms with Crippen molar-refractivity contribution in [3.05, 3.63) is 24.0 Å². The quantitative estimate of drug-likeness (QED) is 0.830. The van der Waals surface area contributed by atoms with Gasteiger partial charge in [-0.1, -0.05) is 13.8 Å². The second-order valence-corrected chi connectivity index (χ2v) is 6.09. The summed E-state index contributed by atoms with van der Waals surface area (Å²) >= 11 is 0. The summed E-state index contributed by atoms with van der Waals surface area (Å²) in [6.07, 6.45) is 3.14. The number of aromatic nitrogens is 1. The van der Waals surface area contributed by atoms with Gasteiger partial charge in [-0.15, -0.1) is 0 Å². The van der Waals surface area contributed by atoms with Crippen LogP contribution < -0.4 is 10.2 Å². The molecule has 1 atom stereocenters. The van der Waals surface area contributed by atoms with E-state index in [4.69, 9.17) is 4.74 Å². The topological polar surface area (TPSA) is 37.4 Å². The third kappa shape index (κ3) is 4.46. The first-order valence-electron chi connectivity index (χ1n) is 7.58. The Morgan fingerprint density at radius 3 is 3.10 bits per heavy atom. The zero-order valence-corrected chi connectivity index (χ0v) is 12.9. The number of pyridine rings is 1. The lowest BCUT2D eigenvalue weighted by molar-refractivity contribution is 0.161. The lowest BCUT2D eigenvalue weighted by Crippen LogP contribution is -2.22. The van der Waals surface area contributed by atoms with Crippen LogP contribution in [0.4, 0.5) is 5.69 Å². The molecular weight excluding hydrogens is 250 g/mol. The van der Waals surface area contributed by atoms with Gasteiger partial charge in [0.1, 0.15) is 0 Å². The van der Waals surface area contributed by atoms with Crippen molar-refractivity contribution in [3.63, 3.8) is 0 Å². The SMILES string of the molecule is COCC1CCN(c2ccnc(CNCC(C)C)c2)C1. The standard InChI is InChI=1S/C16H27N3O/c1-13(2)9-17-10-15-8-16(4-6-18-15)19-7-5-14(11-19)12-20-3/h4,6,8,13-14,17H,5,7,9-12H2,1-3H3. The van der Waals surface area contributed by atoms with E-state index < -0.39 is 0 Å². The fourth-order valence-corrected chi connectivity index (χ4v) is 2.69. The monoisotopic (exact) mass is 277 g/mol. The van der Waals surface area contributed by atoms with Gasteiger partial charge in [-0.05, 0) is 31.0 Å². The van der Waals surface area contributed by atoms with Crippen molar-refractivity contribution >= 4 is 5.69 Å². The van der Waals surface area contributed by atoms with Crippen molar-refractivity contribution in [3.8, 4) is 0 Å². The van der Waals surface area contributed by atoms with Crippen LogP contribution in [0.25, 0.3) is 0 Å². The third-order valence-corrected chi connectivity index (χ3v) is 3.71. The van der Waals surface area contributed by atoms with Crippen LogP contribution in [0.1, 0.15) is 26.0 Å². The molecule has 0 spiro atoms. The molecule has 1 fully saturated rings. The predicted octanol–water partition coefficient (Wildman–Crippen LogP) is 2.30. The summed E-state index contributed by atoms with van der Waals surface area (Å²) in [6.45, 7) is 9.40. The molecule has 4 nitrogen and oxygen atoms in total. The summed E-state index contributed by atoms with van der Waals surface area (Å²) in [5, 5.41) is 3.45. The van der Waals surface area contributed by atoms with Crippen LogP contribution in [-0.2, 0) is 11.3 Å². The molecule has 0 aromatic carbocycles. The van der Waals surface area contributed by atoms with Gasteiger partial charge < -0.3 is 15.0 Å². The van der Waals surface area contributed by atoms with Gasteiger partial charge in [-0.25, -0.2) is 0 Å². The minimum Gasteiger partial charge on any atom is -0.384 e. The Bertz CT molecular complexity index is 408. The molecular formula is C16H27N3O. The van der Waals surface area contributed by atoms with Crippen molar-refractivity contribution in [2.75, 3.05) is 38.3 Å². The molecule has 4 heteroatoms. The lowest BCUT2D eigenvalue weighted by Gasteiger charge is -2.19. The highest BCUT2D eigenvalue weighted by Crippen LogP contribution is 2.24. The molecule has 1 aromatic heterocycles. The average Bonchev–Trinajstić information content (AvgIpc) is 2.88. The van der Waals surface area contributed by atoms with E-state index in [2.05, 4.69) is 41.2 Å². The molecule has 1 N–H and O–H groups in total. The predicted molar refractivity (Wildman–Crippen MR) is 83.0 cm³/mol. The minimum absolute atomic E-state index is 0.663. The zero-order chi connectivity index (χ0) is 14.4. The molecule has 112 valence electrons. The van der Waals surface area contributed by atoms with Crippen molar-refractivity contribution in [1.29, 1.82) is 0 Å². The third-order valence-electron chi connectivity index (χ3n) is 3.71. The maximum absolute atomic E-state index is 5.26. The number of rotatable bonds is 7. The first-order chi connectivity index (χ1) is 9.69. The van der Waals surface area contributed by atoms with E-state index in [-0.39, 0.29) is 0 Å². The number of anilines is 1. The van der Waals surface area contributed by atoms with E-state index in [0.717, 1.165) is 38.5 Å². The second kappa shape index (κ2) is 7.60. The van der Waals surface area contributed by atoms with Gasteiger partial charge in [-0.2, -0.15) is 0 Å². The highest BCUT2D eigenvalue weighted by molar-refractivity contribution is 5.47. The van der Waals surface area contributed by atoms with Gasteiger partial charge >= 0.3 is 0 Å². The number of hydrogen-bond acceptors (Lipinski definition) is 4. The van der Waals surface area contributed by atoms with Crippen LogP contribution >= 0.6 is 0 Å². The molecule has 2 rings (SSSR count). The average molecular weight is 277 g/mol. The molecule has 1 aliphatic rings.